The highest BCUT2D eigenvalue weighted by Crippen LogP contribution is 2.29. The van der Waals surface area contributed by atoms with Gasteiger partial charge < -0.3 is 10.2 Å². The van der Waals surface area contributed by atoms with E-state index < -0.39 is 0 Å². The van der Waals surface area contributed by atoms with Crippen molar-refractivity contribution in [2.24, 2.45) is 17.3 Å². The van der Waals surface area contributed by atoms with Crippen LogP contribution < -0.4 is 5.32 Å². The van der Waals surface area contributed by atoms with Crippen molar-refractivity contribution in [3.05, 3.63) is 0 Å². The van der Waals surface area contributed by atoms with E-state index in [1.165, 1.54) is 32.6 Å². The molecule has 0 aromatic heterocycles. The Labute approximate surface area is 102 Å². The Morgan fingerprint density at radius 3 is 2.62 bits per heavy atom. The Morgan fingerprint density at radius 1 is 1.38 bits per heavy atom. The highest BCUT2D eigenvalue weighted by atomic mass is 15.2. The van der Waals surface area contributed by atoms with Crippen LogP contribution in [0.4, 0.5) is 0 Å². The van der Waals surface area contributed by atoms with Crippen molar-refractivity contribution in [2.45, 2.75) is 41.0 Å². The first-order chi connectivity index (χ1) is 7.45. The van der Waals surface area contributed by atoms with Crippen LogP contribution in [0.1, 0.15) is 41.0 Å². The van der Waals surface area contributed by atoms with Crippen LogP contribution >= 0.6 is 0 Å². The monoisotopic (exact) mass is 226 g/mol. The molecule has 0 aromatic carbocycles. The van der Waals surface area contributed by atoms with E-state index >= 15 is 0 Å². The molecule has 1 unspecified atom stereocenters. The molecule has 0 bridgehead atoms. The lowest BCUT2D eigenvalue weighted by molar-refractivity contribution is 0.151. The Bertz CT molecular complexity index is 199. The molecule has 2 nitrogen and oxygen atoms in total. The molecule has 1 aliphatic rings. The summed E-state index contributed by atoms with van der Waals surface area (Å²) in [5.74, 6) is 1.64. The second-order valence-corrected chi connectivity index (χ2v) is 6.34. The van der Waals surface area contributed by atoms with Gasteiger partial charge in [0.1, 0.15) is 0 Å². The van der Waals surface area contributed by atoms with Crippen LogP contribution in [0, 0.1) is 17.3 Å². The molecule has 1 rings (SSSR count). The molecule has 16 heavy (non-hydrogen) atoms. The number of rotatable bonds is 6. The van der Waals surface area contributed by atoms with Crippen molar-refractivity contribution in [2.75, 3.05) is 32.7 Å². The molecule has 0 saturated carbocycles. The summed E-state index contributed by atoms with van der Waals surface area (Å²) in [6.45, 7) is 17.8. The first-order valence-corrected chi connectivity index (χ1v) is 6.88. The lowest BCUT2D eigenvalue weighted by Gasteiger charge is -2.33. The summed E-state index contributed by atoms with van der Waals surface area (Å²) in [6.07, 6.45) is 1.38. The zero-order valence-corrected chi connectivity index (χ0v) is 11.8. The average molecular weight is 226 g/mol. The molecule has 1 saturated heterocycles. The summed E-state index contributed by atoms with van der Waals surface area (Å²) in [4.78, 5) is 2.65. The third-order valence-electron chi connectivity index (χ3n) is 4.25. The number of nitrogens with zero attached hydrogens (tertiary/aromatic N) is 1. The fraction of sp³-hybridized carbons (Fsp3) is 1.00. The van der Waals surface area contributed by atoms with Crippen molar-refractivity contribution in [1.82, 2.24) is 10.2 Å². The van der Waals surface area contributed by atoms with Crippen LogP contribution in [-0.2, 0) is 0 Å². The van der Waals surface area contributed by atoms with Crippen LogP contribution in [-0.4, -0.2) is 37.6 Å². The highest BCUT2D eigenvalue weighted by molar-refractivity contribution is 4.83. The molecule has 1 fully saturated rings. The average Bonchev–Trinajstić information content (AvgIpc) is 2.61. The topological polar surface area (TPSA) is 15.3 Å². The molecule has 2 heteroatoms. The van der Waals surface area contributed by atoms with Gasteiger partial charge in [-0.3, -0.25) is 0 Å². The summed E-state index contributed by atoms with van der Waals surface area (Å²) in [5.41, 5.74) is 0.451. The Balaban J connectivity index is 2.31. The van der Waals surface area contributed by atoms with Crippen molar-refractivity contribution in [1.29, 1.82) is 0 Å². The Morgan fingerprint density at radius 2 is 2.06 bits per heavy atom. The van der Waals surface area contributed by atoms with Gasteiger partial charge in [0.05, 0.1) is 0 Å². The van der Waals surface area contributed by atoms with E-state index in [0.29, 0.717) is 5.41 Å². The number of likely N-dealkylation sites (tertiary alicyclic amines) is 1. The first-order valence-electron chi connectivity index (χ1n) is 6.88. The van der Waals surface area contributed by atoms with Crippen LogP contribution in [0.15, 0.2) is 0 Å². The minimum absolute atomic E-state index is 0.451. The van der Waals surface area contributed by atoms with E-state index in [1.807, 2.05) is 0 Å². The third kappa shape index (κ3) is 4.06. The smallest absolute Gasteiger partial charge is 0.00353 e. The molecule has 96 valence electrons. The lowest BCUT2D eigenvalue weighted by Crippen LogP contribution is -2.36. The molecule has 1 heterocycles. The van der Waals surface area contributed by atoms with Gasteiger partial charge in [-0.15, -0.1) is 0 Å². The van der Waals surface area contributed by atoms with Crippen molar-refractivity contribution in [3.63, 3.8) is 0 Å². The molecule has 0 spiro atoms. The maximum Gasteiger partial charge on any atom is 0.00353 e. The van der Waals surface area contributed by atoms with Gasteiger partial charge in [-0.1, -0.05) is 34.6 Å². The molecule has 0 aliphatic carbocycles. The van der Waals surface area contributed by atoms with E-state index in [2.05, 4.69) is 44.8 Å². The number of hydrogen-bond acceptors (Lipinski definition) is 2. The maximum absolute atomic E-state index is 3.47. The summed E-state index contributed by atoms with van der Waals surface area (Å²) in [6, 6.07) is 0. The predicted octanol–water partition coefficient (Wildman–Crippen LogP) is 2.60. The lowest BCUT2D eigenvalue weighted by atomic mass is 9.81. The van der Waals surface area contributed by atoms with Gasteiger partial charge in [-0.25, -0.2) is 0 Å². The van der Waals surface area contributed by atoms with Crippen molar-refractivity contribution < 1.29 is 0 Å². The van der Waals surface area contributed by atoms with Crippen LogP contribution in [0.3, 0.4) is 0 Å². The van der Waals surface area contributed by atoms with E-state index in [0.717, 1.165) is 18.4 Å². The number of nitrogens with one attached hydrogen (secondary N) is 1. The largest absolute Gasteiger partial charge is 0.317 e. The number of hydrogen-bond donors (Lipinski definition) is 1. The fourth-order valence-corrected chi connectivity index (χ4v) is 2.33. The molecular weight excluding hydrogens is 196 g/mol. The molecule has 1 N–H and O–H groups in total. The Hall–Kier alpha value is -0.0800. The van der Waals surface area contributed by atoms with Gasteiger partial charge in [0.2, 0.25) is 0 Å². The molecule has 0 aromatic rings. The van der Waals surface area contributed by atoms with Gasteiger partial charge in [-0.2, -0.15) is 0 Å². The summed E-state index contributed by atoms with van der Waals surface area (Å²) in [5, 5.41) is 3.47. The van der Waals surface area contributed by atoms with E-state index in [9.17, 15) is 0 Å². The minimum atomic E-state index is 0.451. The zero-order valence-electron chi connectivity index (χ0n) is 11.8. The molecule has 0 radical (unpaired) electrons. The van der Waals surface area contributed by atoms with Crippen LogP contribution in [0.25, 0.3) is 0 Å². The van der Waals surface area contributed by atoms with Gasteiger partial charge in [0.15, 0.2) is 0 Å². The quantitative estimate of drug-likeness (QED) is 0.749. The van der Waals surface area contributed by atoms with Gasteiger partial charge in [0.25, 0.3) is 0 Å². The second kappa shape index (κ2) is 6.02. The maximum atomic E-state index is 3.47. The van der Waals surface area contributed by atoms with Crippen LogP contribution in [0.5, 0.6) is 0 Å². The minimum Gasteiger partial charge on any atom is -0.317 e. The molecule has 0 amide bonds. The van der Waals surface area contributed by atoms with Gasteiger partial charge in [-0.05, 0) is 43.3 Å². The summed E-state index contributed by atoms with van der Waals surface area (Å²) in [7, 11) is 0. The normalized spacial score (nSPS) is 23.2. The third-order valence-corrected chi connectivity index (χ3v) is 4.25. The molecular formula is C14H30N2. The van der Waals surface area contributed by atoms with Crippen molar-refractivity contribution >= 4 is 0 Å². The fourth-order valence-electron chi connectivity index (χ4n) is 2.33. The van der Waals surface area contributed by atoms with E-state index in [1.54, 1.807) is 0 Å². The Kier molecular flexibility index (Phi) is 5.26. The molecule has 1 atom stereocenters. The second-order valence-electron chi connectivity index (χ2n) is 6.34. The van der Waals surface area contributed by atoms with Crippen LogP contribution in [0.2, 0.25) is 0 Å². The first kappa shape index (κ1) is 14.0. The van der Waals surface area contributed by atoms with E-state index in [-0.39, 0.29) is 0 Å². The predicted molar refractivity (Wildman–Crippen MR) is 71.7 cm³/mol. The zero-order chi connectivity index (χ0) is 12.2. The summed E-state index contributed by atoms with van der Waals surface area (Å²) >= 11 is 0. The highest BCUT2D eigenvalue weighted by Gasteiger charge is 2.29. The van der Waals surface area contributed by atoms with Gasteiger partial charge >= 0.3 is 0 Å². The SMILES string of the molecule is CCNCC1CCN(CC(C)(C)C(C)C)C1. The standard InChI is InChI=1S/C14H30N2/c1-6-15-9-13-7-8-16(10-13)11-14(4,5)12(2)3/h12-13,15H,6-11H2,1-5H3. The summed E-state index contributed by atoms with van der Waals surface area (Å²) < 4.78 is 0. The molecule has 1 aliphatic heterocycles. The van der Waals surface area contributed by atoms with Crippen molar-refractivity contribution in [3.8, 4) is 0 Å². The van der Waals surface area contributed by atoms with E-state index in [4.69, 9.17) is 0 Å². The van der Waals surface area contributed by atoms with Gasteiger partial charge in [0, 0.05) is 13.1 Å².